The van der Waals surface area contributed by atoms with Gasteiger partial charge in [0, 0.05) is 43.1 Å². The zero-order chi connectivity index (χ0) is 21.8. The Morgan fingerprint density at radius 1 is 1.19 bits per heavy atom. The van der Waals surface area contributed by atoms with Gasteiger partial charge in [0.25, 0.3) is 5.91 Å². The molecule has 6 nitrogen and oxygen atoms in total. The molecule has 4 aromatic rings. The van der Waals surface area contributed by atoms with E-state index >= 15 is 0 Å². The summed E-state index contributed by atoms with van der Waals surface area (Å²) in [6.45, 7) is 2.54. The molecule has 1 amide bonds. The highest BCUT2D eigenvalue weighted by atomic mass is 32.1. The van der Waals surface area contributed by atoms with Crippen molar-refractivity contribution in [3.63, 3.8) is 0 Å². The second kappa shape index (κ2) is 9.18. The first kappa shape index (κ1) is 20.9. The van der Waals surface area contributed by atoms with Gasteiger partial charge in [0.15, 0.2) is 0 Å². The standard InChI is InChI=1S/C23H22FN5OS/c1-3-11-29(23(30)20-15-31-22(27-20)18-13-26-28(2)14-18)21(17-5-4-10-25-12-17)16-6-8-19(24)9-7-16/h4-10,12-15,21H,3,11H2,1-2H3. The molecule has 158 valence electrons. The van der Waals surface area contributed by atoms with Crippen LogP contribution in [0.2, 0.25) is 0 Å². The third-order valence-electron chi connectivity index (χ3n) is 4.90. The average molecular weight is 436 g/mol. The van der Waals surface area contributed by atoms with Gasteiger partial charge in [-0.15, -0.1) is 11.3 Å². The highest BCUT2D eigenvalue weighted by Gasteiger charge is 2.29. The zero-order valence-electron chi connectivity index (χ0n) is 17.3. The lowest BCUT2D eigenvalue weighted by atomic mass is 9.97. The first-order chi connectivity index (χ1) is 15.1. The maximum absolute atomic E-state index is 13.6. The summed E-state index contributed by atoms with van der Waals surface area (Å²) in [5.41, 5.74) is 2.93. The molecule has 3 heterocycles. The normalized spacial score (nSPS) is 12.0. The summed E-state index contributed by atoms with van der Waals surface area (Å²) in [4.78, 5) is 24.2. The number of rotatable bonds is 7. The Bertz CT molecular complexity index is 1160. The van der Waals surface area contributed by atoms with Crippen LogP contribution in [0.3, 0.4) is 0 Å². The van der Waals surface area contributed by atoms with Gasteiger partial charge < -0.3 is 4.90 Å². The largest absolute Gasteiger partial charge is 0.326 e. The minimum atomic E-state index is -0.398. The van der Waals surface area contributed by atoms with Gasteiger partial charge in [-0.2, -0.15) is 5.10 Å². The monoisotopic (exact) mass is 435 g/mol. The van der Waals surface area contributed by atoms with Crippen LogP contribution in [-0.2, 0) is 7.05 Å². The number of halogens is 1. The van der Waals surface area contributed by atoms with E-state index in [2.05, 4.69) is 15.1 Å². The maximum Gasteiger partial charge on any atom is 0.274 e. The molecular formula is C23H22FN5OS. The molecule has 31 heavy (non-hydrogen) atoms. The number of thiazole rings is 1. The fraction of sp³-hybridized carbons (Fsp3) is 0.217. The summed E-state index contributed by atoms with van der Waals surface area (Å²) >= 11 is 1.41. The summed E-state index contributed by atoms with van der Waals surface area (Å²) < 4.78 is 15.3. The SMILES string of the molecule is CCCN(C(=O)c1csc(-c2cnn(C)c2)n1)C(c1ccc(F)cc1)c1cccnc1. The Hall–Kier alpha value is -3.39. The number of hydrogen-bond donors (Lipinski definition) is 0. The van der Waals surface area contributed by atoms with Crippen LogP contribution in [0.1, 0.15) is 41.0 Å². The van der Waals surface area contributed by atoms with Crippen molar-refractivity contribution in [2.75, 3.05) is 6.54 Å². The van der Waals surface area contributed by atoms with E-state index in [4.69, 9.17) is 0 Å². The van der Waals surface area contributed by atoms with Gasteiger partial charge in [0.1, 0.15) is 16.5 Å². The van der Waals surface area contributed by atoms with Crippen LogP contribution in [0.25, 0.3) is 10.6 Å². The minimum absolute atomic E-state index is 0.175. The van der Waals surface area contributed by atoms with Crippen molar-refractivity contribution in [1.82, 2.24) is 24.6 Å². The van der Waals surface area contributed by atoms with Gasteiger partial charge in [-0.3, -0.25) is 14.5 Å². The van der Waals surface area contributed by atoms with Crippen molar-refractivity contribution in [3.05, 3.63) is 89.2 Å². The fourth-order valence-electron chi connectivity index (χ4n) is 3.51. The van der Waals surface area contributed by atoms with Crippen LogP contribution in [0.15, 0.2) is 66.6 Å². The average Bonchev–Trinajstić information content (AvgIpc) is 3.44. The third kappa shape index (κ3) is 4.54. The number of carbonyl (C=O) groups excluding carboxylic acids is 1. The summed E-state index contributed by atoms with van der Waals surface area (Å²) in [5.74, 6) is -0.492. The predicted molar refractivity (Wildman–Crippen MR) is 118 cm³/mol. The summed E-state index contributed by atoms with van der Waals surface area (Å²) in [6, 6.07) is 9.62. The Kier molecular flexibility index (Phi) is 6.18. The van der Waals surface area contributed by atoms with Crippen LogP contribution in [-0.4, -0.2) is 37.1 Å². The quantitative estimate of drug-likeness (QED) is 0.421. The molecule has 0 saturated carbocycles. The molecular weight excluding hydrogens is 413 g/mol. The molecule has 0 aliphatic rings. The lowest BCUT2D eigenvalue weighted by Crippen LogP contribution is -2.36. The van der Waals surface area contributed by atoms with Crippen molar-refractivity contribution in [1.29, 1.82) is 0 Å². The van der Waals surface area contributed by atoms with Gasteiger partial charge in [-0.25, -0.2) is 9.37 Å². The van der Waals surface area contributed by atoms with Crippen LogP contribution >= 0.6 is 11.3 Å². The van der Waals surface area contributed by atoms with Gasteiger partial charge >= 0.3 is 0 Å². The van der Waals surface area contributed by atoms with E-state index in [1.54, 1.807) is 45.7 Å². The highest BCUT2D eigenvalue weighted by molar-refractivity contribution is 7.13. The number of aromatic nitrogens is 4. The molecule has 0 saturated heterocycles. The molecule has 4 rings (SSSR count). The van der Waals surface area contributed by atoms with Crippen LogP contribution in [0, 0.1) is 5.82 Å². The first-order valence-electron chi connectivity index (χ1n) is 9.97. The van der Waals surface area contributed by atoms with Gasteiger partial charge in [0.05, 0.1) is 12.2 Å². The Morgan fingerprint density at radius 2 is 2.00 bits per heavy atom. The molecule has 0 radical (unpaired) electrons. The molecule has 1 aromatic carbocycles. The van der Waals surface area contributed by atoms with Crippen molar-refractivity contribution in [3.8, 4) is 10.6 Å². The van der Waals surface area contributed by atoms with E-state index < -0.39 is 6.04 Å². The lowest BCUT2D eigenvalue weighted by molar-refractivity contribution is 0.0701. The molecule has 1 unspecified atom stereocenters. The Labute approximate surface area is 184 Å². The molecule has 8 heteroatoms. The van der Waals surface area contributed by atoms with Crippen molar-refractivity contribution in [2.24, 2.45) is 7.05 Å². The summed E-state index contributed by atoms with van der Waals surface area (Å²) in [7, 11) is 1.84. The van der Waals surface area contributed by atoms with Crippen LogP contribution < -0.4 is 0 Å². The number of benzene rings is 1. The van der Waals surface area contributed by atoms with E-state index in [9.17, 15) is 9.18 Å². The highest BCUT2D eigenvalue weighted by Crippen LogP contribution is 2.31. The lowest BCUT2D eigenvalue weighted by Gasteiger charge is -2.32. The number of aryl methyl sites for hydroxylation is 1. The number of carbonyl (C=O) groups is 1. The first-order valence-corrected chi connectivity index (χ1v) is 10.9. The minimum Gasteiger partial charge on any atom is -0.326 e. The number of pyridine rings is 1. The molecule has 0 bridgehead atoms. The molecule has 0 aliphatic carbocycles. The van der Waals surface area contributed by atoms with Crippen LogP contribution in [0.4, 0.5) is 4.39 Å². The second-order valence-corrected chi connectivity index (χ2v) is 8.04. The Morgan fingerprint density at radius 3 is 2.65 bits per heavy atom. The predicted octanol–water partition coefficient (Wildman–Crippen LogP) is 4.72. The molecule has 0 fully saturated rings. The van der Waals surface area contributed by atoms with Crippen molar-refractivity contribution in [2.45, 2.75) is 19.4 Å². The van der Waals surface area contributed by atoms with E-state index in [0.717, 1.165) is 28.1 Å². The second-order valence-electron chi connectivity index (χ2n) is 7.18. The number of amides is 1. The Balaban J connectivity index is 1.73. The summed E-state index contributed by atoms with van der Waals surface area (Å²) in [5, 5.41) is 6.70. The zero-order valence-corrected chi connectivity index (χ0v) is 18.1. The van der Waals surface area contributed by atoms with Gasteiger partial charge in [-0.05, 0) is 35.7 Å². The van der Waals surface area contributed by atoms with Crippen molar-refractivity contribution < 1.29 is 9.18 Å². The topological polar surface area (TPSA) is 63.9 Å². The number of nitrogens with zero attached hydrogens (tertiary/aromatic N) is 5. The summed E-state index contributed by atoms with van der Waals surface area (Å²) in [6.07, 6.45) is 7.80. The van der Waals surface area contributed by atoms with E-state index in [-0.39, 0.29) is 11.7 Å². The van der Waals surface area contributed by atoms with E-state index in [1.165, 1.54) is 23.5 Å². The third-order valence-corrected chi connectivity index (χ3v) is 5.79. The molecule has 0 N–H and O–H groups in total. The smallest absolute Gasteiger partial charge is 0.274 e. The maximum atomic E-state index is 13.6. The molecule has 1 atom stereocenters. The fourth-order valence-corrected chi connectivity index (χ4v) is 4.28. The van der Waals surface area contributed by atoms with E-state index in [0.29, 0.717) is 12.2 Å². The van der Waals surface area contributed by atoms with Gasteiger partial charge in [-0.1, -0.05) is 25.1 Å². The molecule has 0 spiro atoms. The number of hydrogen-bond acceptors (Lipinski definition) is 5. The van der Waals surface area contributed by atoms with E-state index in [1.807, 2.05) is 32.3 Å². The molecule has 3 aromatic heterocycles. The van der Waals surface area contributed by atoms with Gasteiger partial charge in [0.2, 0.25) is 0 Å². The van der Waals surface area contributed by atoms with Crippen LogP contribution in [0.5, 0.6) is 0 Å². The van der Waals surface area contributed by atoms with Crippen molar-refractivity contribution >= 4 is 17.2 Å². The molecule has 0 aliphatic heterocycles.